The summed E-state index contributed by atoms with van der Waals surface area (Å²) in [5.74, 6) is 0. The third-order valence-corrected chi connectivity index (χ3v) is 1.18. The Hall–Kier alpha value is -1.08. The van der Waals surface area contributed by atoms with Gasteiger partial charge in [-0.1, -0.05) is 0 Å². The lowest BCUT2D eigenvalue weighted by atomic mass is 10.4. The van der Waals surface area contributed by atoms with Gasteiger partial charge in [0.05, 0.1) is 25.6 Å². The van der Waals surface area contributed by atoms with E-state index in [1.54, 1.807) is 5.01 Å². The molecule has 0 saturated heterocycles. The molecule has 0 aromatic heterocycles. The lowest BCUT2D eigenvalue weighted by Gasteiger charge is -2.16. The summed E-state index contributed by atoms with van der Waals surface area (Å²) in [6.07, 6.45) is 0.441. The summed E-state index contributed by atoms with van der Waals surface area (Å²) in [6, 6.07) is 2.04. The predicted molar refractivity (Wildman–Crippen MR) is 47.7 cm³/mol. The number of nitrogens with zero attached hydrogens (tertiary/aromatic N) is 3. The maximum Gasteiger partial charge on any atom is 0.0641 e. The van der Waals surface area contributed by atoms with Crippen molar-refractivity contribution in [3.63, 3.8) is 0 Å². The van der Waals surface area contributed by atoms with E-state index in [4.69, 9.17) is 10.4 Å². The number of aliphatic hydroxyl groups excluding tert-OH is 1. The first-order valence-electron chi connectivity index (χ1n) is 3.95. The molecule has 0 fully saturated rings. The first kappa shape index (κ1) is 10.9. The zero-order valence-corrected chi connectivity index (χ0v) is 7.62. The molecule has 1 N–H and O–H groups in total. The quantitative estimate of drug-likeness (QED) is 0.484. The molecule has 0 atom stereocenters. The molecule has 0 aliphatic rings. The van der Waals surface area contributed by atoms with E-state index >= 15 is 0 Å². The fraction of sp³-hybridized carbons (Fsp3) is 0.750. The highest BCUT2D eigenvalue weighted by Crippen LogP contribution is 1.92. The van der Waals surface area contributed by atoms with Crippen molar-refractivity contribution in [1.82, 2.24) is 5.01 Å². The smallest absolute Gasteiger partial charge is 0.0641 e. The van der Waals surface area contributed by atoms with Crippen LogP contribution in [0.3, 0.4) is 0 Å². The maximum absolute atomic E-state index is 8.66. The number of aliphatic hydroxyl groups is 1. The second kappa shape index (κ2) is 6.62. The van der Waals surface area contributed by atoms with Gasteiger partial charge in [0.2, 0.25) is 0 Å². The summed E-state index contributed by atoms with van der Waals surface area (Å²) < 4.78 is 0. The van der Waals surface area contributed by atoms with Gasteiger partial charge in [0.25, 0.3) is 0 Å². The molecule has 0 spiro atoms. The maximum atomic E-state index is 8.66. The summed E-state index contributed by atoms with van der Waals surface area (Å²) in [5.41, 5.74) is 0.932. The lowest BCUT2D eigenvalue weighted by Crippen LogP contribution is -2.23. The van der Waals surface area contributed by atoms with Crippen LogP contribution in [-0.4, -0.2) is 35.5 Å². The Balaban J connectivity index is 3.88. The number of rotatable bonds is 5. The number of nitriles is 1. The fourth-order valence-corrected chi connectivity index (χ4v) is 0.789. The van der Waals surface area contributed by atoms with Crippen LogP contribution in [0.1, 0.15) is 20.3 Å². The van der Waals surface area contributed by atoms with E-state index in [0.29, 0.717) is 19.5 Å². The van der Waals surface area contributed by atoms with Gasteiger partial charge in [0.1, 0.15) is 0 Å². The van der Waals surface area contributed by atoms with Crippen LogP contribution in [0.2, 0.25) is 0 Å². The summed E-state index contributed by atoms with van der Waals surface area (Å²) in [4.78, 5) is 0. The molecule has 4 nitrogen and oxygen atoms in total. The van der Waals surface area contributed by atoms with Crippen LogP contribution >= 0.6 is 0 Å². The molecule has 68 valence electrons. The van der Waals surface area contributed by atoms with Crippen LogP contribution in [0.4, 0.5) is 0 Å². The van der Waals surface area contributed by atoms with Gasteiger partial charge in [0, 0.05) is 12.3 Å². The zero-order valence-electron chi connectivity index (χ0n) is 7.62. The molecule has 12 heavy (non-hydrogen) atoms. The summed E-state index contributed by atoms with van der Waals surface area (Å²) in [7, 11) is 0. The third-order valence-electron chi connectivity index (χ3n) is 1.18. The highest BCUT2D eigenvalue weighted by atomic mass is 16.3. The number of hydrazone groups is 1. The Labute approximate surface area is 73.1 Å². The minimum atomic E-state index is 0.0716. The van der Waals surface area contributed by atoms with Crippen molar-refractivity contribution < 1.29 is 5.11 Å². The van der Waals surface area contributed by atoms with Crippen LogP contribution in [0.5, 0.6) is 0 Å². The van der Waals surface area contributed by atoms with Gasteiger partial charge in [0.15, 0.2) is 0 Å². The Morgan fingerprint density at radius 2 is 2.17 bits per heavy atom. The molecule has 0 bridgehead atoms. The first-order valence-corrected chi connectivity index (χ1v) is 3.95. The van der Waals surface area contributed by atoms with Gasteiger partial charge in [-0.15, -0.1) is 0 Å². The number of hydrogen-bond donors (Lipinski definition) is 1. The average molecular weight is 169 g/mol. The molecule has 0 aliphatic heterocycles. The van der Waals surface area contributed by atoms with Crippen molar-refractivity contribution in [2.24, 2.45) is 5.10 Å². The fourth-order valence-electron chi connectivity index (χ4n) is 0.789. The van der Waals surface area contributed by atoms with Gasteiger partial charge in [-0.2, -0.15) is 10.4 Å². The Kier molecular flexibility index (Phi) is 6.02. The molecule has 0 amide bonds. The van der Waals surface area contributed by atoms with E-state index < -0.39 is 0 Å². The van der Waals surface area contributed by atoms with Gasteiger partial charge in [-0.25, -0.2) is 0 Å². The summed E-state index contributed by atoms with van der Waals surface area (Å²) >= 11 is 0. The molecule has 0 rings (SSSR count). The number of hydrogen-bond acceptors (Lipinski definition) is 4. The lowest BCUT2D eigenvalue weighted by molar-refractivity contribution is 0.204. The SMILES string of the molecule is CC(C)=NN(CCO)CCC#N. The molecule has 4 heteroatoms. The molecule has 0 aromatic rings. The van der Waals surface area contributed by atoms with Crippen LogP contribution in [0.25, 0.3) is 0 Å². The molecular formula is C8H15N3O. The minimum Gasteiger partial charge on any atom is -0.394 e. The van der Waals surface area contributed by atoms with E-state index in [1.165, 1.54) is 0 Å². The molecule has 0 radical (unpaired) electrons. The topological polar surface area (TPSA) is 59.6 Å². The highest BCUT2D eigenvalue weighted by molar-refractivity contribution is 5.78. The van der Waals surface area contributed by atoms with E-state index in [2.05, 4.69) is 5.10 Å². The molecule has 0 aromatic carbocycles. The Bertz CT molecular complexity index is 179. The molecule has 0 saturated carbocycles. The van der Waals surface area contributed by atoms with Crippen molar-refractivity contribution >= 4 is 5.71 Å². The molecule has 0 aliphatic carbocycles. The van der Waals surface area contributed by atoms with E-state index in [1.807, 2.05) is 19.9 Å². The van der Waals surface area contributed by atoms with Crippen molar-refractivity contribution in [3.8, 4) is 6.07 Å². The third kappa shape index (κ3) is 5.69. The zero-order chi connectivity index (χ0) is 9.40. The van der Waals surface area contributed by atoms with Crippen LogP contribution in [-0.2, 0) is 0 Å². The summed E-state index contributed by atoms with van der Waals surface area (Å²) in [6.45, 7) is 4.92. The van der Waals surface area contributed by atoms with Crippen LogP contribution in [0.15, 0.2) is 5.10 Å². The largest absolute Gasteiger partial charge is 0.394 e. The monoisotopic (exact) mass is 169 g/mol. The standard InChI is InChI=1S/C8H15N3O/c1-8(2)10-11(6-7-12)5-3-4-9/h12H,3,5-7H2,1-2H3. The van der Waals surface area contributed by atoms with Gasteiger partial charge >= 0.3 is 0 Å². The Morgan fingerprint density at radius 1 is 1.50 bits per heavy atom. The van der Waals surface area contributed by atoms with E-state index in [9.17, 15) is 0 Å². The van der Waals surface area contributed by atoms with Crippen molar-refractivity contribution in [3.05, 3.63) is 0 Å². The first-order chi connectivity index (χ1) is 5.70. The predicted octanol–water partition coefficient (Wildman–Crippen LogP) is 0.590. The van der Waals surface area contributed by atoms with Crippen molar-refractivity contribution in [2.45, 2.75) is 20.3 Å². The molecule has 0 unspecified atom stereocenters. The Morgan fingerprint density at radius 3 is 2.58 bits per heavy atom. The summed E-state index contributed by atoms with van der Waals surface area (Å²) in [5, 5.41) is 22.8. The van der Waals surface area contributed by atoms with Crippen LogP contribution in [0, 0.1) is 11.3 Å². The van der Waals surface area contributed by atoms with Crippen molar-refractivity contribution in [1.29, 1.82) is 5.26 Å². The minimum absolute atomic E-state index is 0.0716. The van der Waals surface area contributed by atoms with Crippen LogP contribution < -0.4 is 0 Å². The van der Waals surface area contributed by atoms with Crippen molar-refractivity contribution in [2.75, 3.05) is 19.7 Å². The van der Waals surface area contributed by atoms with Gasteiger partial charge in [-0.3, -0.25) is 5.01 Å². The second-order valence-corrected chi connectivity index (χ2v) is 2.63. The highest BCUT2D eigenvalue weighted by Gasteiger charge is 1.98. The average Bonchev–Trinajstić information content (AvgIpc) is 2.00. The van der Waals surface area contributed by atoms with E-state index in [0.717, 1.165) is 5.71 Å². The molecule has 0 heterocycles. The second-order valence-electron chi connectivity index (χ2n) is 2.63. The van der Waals surface area contributed by atoms with E-state index in [-0.39, 0.29) is 6.61 Å². The molecular weight excluding hydrogens is 154 g/mol. The van der Waals surface area contributed by atoms with Gasteiger partial charge < -0.3 is 5.11 Å². The van der Waals surface area contributed by atoms with Gasteiger partial charge in [-0.05, 0) is 13.8 Å². The normalized spacial score (nSPS) is 8.83.